The molecule has 1 amide bonds. The number of carbonyl (C=O) groups is 1. The van der Waals surface area contributed by atoms with Crippen LogP contribution in [0.15, 0.2) is 18.2 Å². The van der Waals surface area contributed by atoms with E-state index in [1.807, 2.05) is 6.92 Å². The largest absolute Gasteiger partial charge is 0.508 e. The Labute approximate surface area is 124 Å². The highest BCUT2D eigenvalue weighted by Crippen LogP contribution is 2.25. The topological polar surface area (TPSA) is 99.0 Å². The van der Waals surface area contributed by atoms with Crippen molar-refractivity contribution in [2.45, 2.75) is 19.8 Å². The van der Waals surface area contributed by atoms with E-state index < -0.39 is 5.92 Å². The van der Waals surface area contributed by atoms with Crippen molar-refractivity contribution in [3.63, 3.8) is 0 Å². The van der Waals surface area contributed by atoms with Crippen molar-refractivity contribution in [3.8, 4) is 11.5 Å². The van der Waals surface area contributed by atoms with E-state index in [1.165, 1.54) is 12.1 Å². The molecule has 0 heterocycles. The van der Waals surface area contributed by atoms with Gasteiger partial charge in [0, 0.05) is 31.7 Å². The van der Waals surface area contributed by atoms with Crippen LogP contribution in [-0.4, -0.2) is 47.6 Å². The molecule has 118 valence electrons. The SMILES string of the molecule is CCOCCNC(=O)C(CCO)Cc1ccc(O)cc1O. The first-order valence-corrected chi connectivity index (χ1v) is 7.05. The molecule has 1 aromatic rings. The van der Waals surface area contributed by atoms with Gasteiger partial charge in [-0.25, -0.2) is 0 Å². The van der Waals surface area contributed by atoms with E-state index in [-0.39, 0.29) is 24.0 Å². The molecule has 0 aliphatic carbocycles. The number of aliphatic hydroxyl groups excluding tert-OH is 1. The molecule has 6 nitrogen and oxygen atoms in total. The number of nitrogens with one attached hydrogen (secondary N) is 1. The van der Waals surface area contributed by atoms with Crippen LogP contribution in [-0.2, 0) is 16.0 Å². The zero-order chi connectivity index (χ0) is 15.7. The molecule has 1 rings (SSSR count). The van der Waals surface area contributed by atoms with E-state index in [2.05, 4.69) is 5.32 Å². The number of amides is 1. The number of hydrogen-bond donors (Lipinski definition) is 4. The second-order valence-corrected chi connectivity index (χ2v) is 4.71. The summed E-state index contributed by atoms with van der Waals surface area (Å²) >= 11 is 0. The molecule has 4 N–H and O–H groups in total. The maximum absolute atomic E-state index is 12.1. The van der Waals surface area contributed by atoms with Crippen LogP contribution >= 0.6 is 0 Å². The highest BCUT2D eigenvalue weighted by Gasteiger charge is 2.19. The first kappa shape index (κ1) is 17.3. The summed E-state index contributed by atoms with van der Waals surface area (Å²) in [5.41, 5.74) is 0.561. The van der Waals surface area contributed by atoms with Gasteiger partial charge in [0.05, 0.1) is 6.61 Å². The van der Waals surface area contributed by atoms with E-state index in [0.717, 1.165) is 0 Å². The molecule has 0 fully saturated rings. The lowest BCUT2D eigenvalue weighted by molar-refractivity contribution is -0.125. The second-order valence-electron chi connectivity index (χ2n) is 4.71. The average Bonchev–Trinajstić information content (AvgIpc) is 2.45. The zero-order valence-corrected chi connectivity index (χ0v) is 12.2. The molecule has 1 aromatic carbocycles. The van der Waals surface area contributed by atoms with Crippen LogP contribution in [0.1, 0.15) is 18.9 Å². The van der Waals surface area contributed by atoms with E-state index in [9.17, 15) is 15.0 Å². The number of phenols is 2. The third-order valence-electron chi connectivity index (χ3n) is 3.13. The van der Waals surface area contributed by atoms with Crippen molar-refractivity contribution in [3.05, 3.63) is 23.8 Å². The summed E-state index contributed by atoms with van der Waals surface area (Å²) in [7, 11) is 0. The number of carbonyl (C=O) groups excluding carboxylic acids is 1. The Morgan fingerprint density at radius 2 is 2.14 bits per heavy atom. The average molecular weight is 297 g/mol. The van der Waals surface area contributed by atoms with Crippen molar-refractivity contribution >= 4 is 5.91 Å². The van der Waals surface area contributed by atoms with Crippen molar-refractivity contribution < 1.29 is 24.9 Å². The van der Waals surface area contributed by atoms with Crippen LogP contribution in [0.5, 0.6) is 11.5 Å². The maximum Gasteiger partial charge on any atom is 0.223 e. The van der Waals surface area contributed by atoms with Crippen LogP contribution in [0.25, 0.3) is 0 Å². The van der Waals surface area contributed by atoms with E-state index >= 15 is 0 Å². The summed E-state index contributed by atoms with van der Waals surface area (Å²) < 4.78 is 5.14. The van der Waals surface area contributed by atoms with Gasteiger partial charge in [0.25, 0.3) is 0 Å². The third-order valence-corrected chi connectivity index (χ3v) is 3.13. The lowest BCUT2D eigenvalue weighted by Crippen LogP contribution is -2.34. The van der Waals surface area contributed by atoms with Gasteiger partial charge in [-0.2, -0.15) is 0 Å². The van der Waals surface area contributed by atoms with Gasteiger partial charge in [0.2, 0.25) is 5.91 Å². The molecule has 1 unspecified atom stereocenters. The first-order chi connectivity index (χ1) is 10.1. The Morgan fingerprint density at radius 1 is 1.38 bits per heavy atom. The summed E-state index contributed by atoms with van der Waals surface area (Å²) in [6, 6.07) is 4.26. The number of aliphatic hydroxyl groups is 1. The van der Waals surface area contributed by atoms with Crippen LogP contribution in [0.2, 0.25) is 0 Å². The Hall–Kier alpha value is -1.79. The van der Waals surface area contributed by atoms with Crippen LogP contribution in [0.4, 0.5) is 0 Å². The summed E-state index contributed by atoms with van der Waals surface area (Å²) in [4.78, 5) is 12.1. The molecule has 0 bridgehead atoms. The summed E-state index contributed by atoms with van der Waals surface area (Å²) in [5, 5.41) is 30.8. The molecule has 0 saturated heterocycles. The van der Waals surface area contributed by atoms with Gasteiger partial charge < -0.3 is 25.4 Å². The van der Waals surface area contributed by atoms with Crippen LogP contribution in [0.3, 0.4) is 0 Å². The fraction of sp³-hybridized carbons (Fsp3) is 0.533. The van der Waals surface area contributed by atoms with Gasteiger partial charge in [-0.1, -0.05) is 6.07 Å². The third kappa shape index (κ3) is 6.01. The Morgan fingerprint density at radius 3 is 2.76 bits per heavy atom. The number of ether oxygens (including phenoxy) is 1. The zero-order valence-electron chi connectivity index (χ0n) is 12.2. The van der Waals surface area contributed by atoms with Crippen molar-refractivity contribution in [2.75, 3.05) is 26.4 Å². The van der Waals surface area contributed by atoms with Crippen molar-refractivity contribution in [1.29, 1.82) is 0 Å². The lowest BCUT2D eigenvalue weighted by Gasteiger charge is -2.16. The van der Waals surface area contributed by atoms with E-state index in [0.29, 0.717) is 38.2 Å². The van der Waals surface area contributed by atoms with Gasteiger partial charge >= 0.3 is 0 Å². The molecule has 0 aromatic heterocycles. The van der Waals surface area contributed by atoms with Gasteiger partial charge in [0.15, 0.2) is 0 Å². The smallest absolute Gasteiger partial charge is 0.223 e. The molecule has 6 heteroatoms. The minimum absolute atomic E-state index is 0.0314. The van der Waals surface area contributed by atoms with Crippen molar-refractivity contribution in [1.82, 2.24) is 5.32 Å². The monoisotopic (exact) mass is 297 g/mol. The van der Waals surface area contributed by atoms with Crippen molar-refractivity contribution in [2.24, 2.45) is 5.92 Å². The highest BCUT2D eigenvalue weighted by atomic mass is 16.5. The number of phenolic OH excluding ortho intramolecular Hbond substituents is 2. The molecule has 0 aliphatic heterocycles. The van der Waals surface area contributed by atoms with E-state index in [4.69, 9.17) is 9.84 Å². The molecule has 0 saturated carbocycles. The number of benzene rings is 1. The molecule has 0 spiro atoms. The normalized spacial score (nSPS) is 12.1. The molecular weight excluding hydrogens is 274 g/mol. The maximum atomic E-state index is 12.1. The van der Waals surface area contributed by atoms with Gasteiger partial charge in [-0.15, -0.1) is 0 Å². The summed E-state index contributed by atoms with van der Waals surface area (Å²) in [6.07, 6.45) is 0.605. The fourth-order valence-electron chi connectivity index (χ4n) is 2.01. The molecule has 1 atom stereocenters. The molecule has 21 heavy (non-hydrogen) atoms. The summed E-state index contributed by atoms with van der Waals surface area (Å²) in [5.74, 6) is -0.709. The van der Waals surface area contributed by atoms with Gasteiger partial charge in [0.1, 0.15) is 11.5 Å². The predicted molar refractivity (Wildman–Crippen MR) is 78.2 cm³/mol. The Kier molecular flexibility index (Phi) is 7.56. The summed E-state index contributed by atoms with van der Waals surface area (Å²) in [6.45, 7) is 3.22. The minimum atomic E-state index is -0.438. The molecular formula is C15H23NO5. The number of hydrogen-bond acceptors (Lipinski definition) is 5. The highest BCUT2D eigenvalue weighted by molar-refractivity contribution is 5.79. The molecule has 0 radical (unpaired) electrons. The second kappa shape index (κ2) is 9.20. The molecule has 0 aliphatic rings. The van der Waals surface area contributed by atoms with Crippen LogP contribution in [0, 0.1) is 5.92 Å². The predicted octanol–water partition coefficient (Wildman–Crippen LogP) is 0.792. The number of aromatic hydroxyl groups is 2. The Balaban J connectivity index is 2.61. The van der Waals surface area contributed by atoms with Gasteiger partial charge in [-0.05, 0) is 31.4 Å². The standard InChI is InChI=1S/C15H23NO5/c1-2-21-8-6-16-15(20)12(5-7-17)9-11-3-4-13(18)10-14(11)19/h3-4,10,12,17-19H,2,5-9H2,1H3,(H,16,20). The quantitative estimate of drug-likeness (QED) is 0.505. The van der Waals surface area contributed by atoms with Crippen LogP contribution < -0.4 is 5.32 Å². The van der Waals surface area contributed by atoms with E-state index in [1.54, 1.807) is 6.07 Å². The van der Waals surface area contributed by atoms with Gasteiger partial charge in [-0.3, -0.25) is 4.79 Å². The number of rotatable bonds is 9. The fourth-order valence-corrected chi connectivity index (χ4v) is 2.01. The lowest BCUT2D eigenvalue weighted by atomic mass is 9.95. The first-order valence-electron chi connectivity index (χ1n) is 7.05. The Bertz CT molecular complexity index is 450. The minimum Gasteiger partial charge on any atom is -0.508 e.